The lowest BCUT2D eigenvalue weighted by atomic mass is 9.82. The van der Waals surface area contributed by atoms with E-state index < -0.39 is 108 Å². The van der Waals surface area contributed by atoms with Crippen LogP contribution in [0.15, 0.2) is 73.1 Å². The van der Waals surface area contributed by atoms with Crippen molar-refractivity contribution in [1.82, 2.24) is 41.3 Å². The van der Waals surface area contributed by atoms with E-state index in [4.69, 9.17) is 14.2 Å². The Morgan fingerprint density at radius 2 is 1.36 bits per heavy atom. The van der Waals surface area contributed by atoms with Gasteiger partial charge in [0.05, 0.1) is 68.2 Å². The van der Waals surface area contributed by atoms with Crippen LogP contribution in [0.5, 0.6) is 5.75 Å². The molecular weight excluding hydrogens is 1110 g/mol. The predicted molar refractivity (Wildman–Crippen MR) is 281 cm³/mol. The third-order valence-electron chi connectivity index (χ3n) is 15.5. The number of hydrazine groups is 1. The Kier molecular flexibility index (Phi) is 18.7. The minimum absolute atomic E-state index is 0.0472. The molecule has 4 aromatic rings. The van der Waals surface area contributed by atoms with Gasteiger partial charge in [0.25, 0.3) is 5.91 Å². The topological polar surface area (TPSA) is 229 Å². The number of halogens is 8. The van der Waals surface area contributed by atoms with Crippen LogP contribution in [0.4, 0.5) is 50.5 Å². The molecule has 2 aromatic carbocycles. The van der Waals surface area contributed by atoms with E-state index in [-0.39, 0.29) is 17.4 Å². The number of pyridine rings is 2. The van der Waals surface area contributed by atoms with Gasteiger partial charge in [-0.15, -0.1) is 0 Å². The molecule has 4 saturated heterocycles. The highest BCUT2D eigenvalue weighted by Crippen LogP contribution is 2.42. The van der Waals surface area contributed by atoms with Crippen LogP contribution in [0.3, 0.4) is 0 Å². The van der Waals surface area contributed by atoms with Gasteiger partial charge in [-0.05, 0) is 95.0 Å². The number of nitrogens with one attached hydrogen (secondary N) is 4. The summed E-state index contributed by atoms with van der Waals surface area (Å²) in [7, 11) is 0.835. The van der Waals surface area contributed by atoms with Gasteiger partial charge in [-0.2, -0.15) is 26.3 Å². The van der Waals surface area contributed by atoms with Crippen LogP contribution in [0.2, 0.25) is 0 Å². The Balaban J connectivity index is 1.07. The van der Waals surface area contributed by atoms with Crippen LogP contribution in [-0.2, 0) is 36.8 Å². The molecule has 0 saturated carbocycles. The highest BCUT2D eigenvalue weighted by atomic mass is 19.4. The van der Waals surface area contributed by atoms with Gasteiger partial charge in [-0.3, -0.25) is 24.9 Å². The minimum Gasteiger partial charge on any atom is -0.485 e. The van der Waals surface area contributed by atoms with Gasteiger partial charge < -0.3 is 50.0 Å². The Bertz CT molecular complexity index is 3010. The number of rotatable bonds is 20. The number of methoxy groups -OCH3 is 1. The fourth-order valence-electron chi connectivity index (χ4n) is 10.1. The summed E-state index contributed by atoms with van der Waals surface area (Å²) in [6.45, 7) is 3.87. The smallest absolute Gasteiger partial charge is 0.407 e. The maximum atomic E-state index is 16.3. The van der Waals surface area contributed by atoms with Crippen molar-refractivity contribution in [3.05, 3.63) is 107 Å². The summed E-state index contributed by atoms with van der Waals surface area (Å²) in [5.41, 5.74) is -3.70. The number of alkyl carbamates (subject to hydrolysis) is 1. The zero-order valence-electron chi connectivity index (χ0n) is 45.7. The quantitative estimate of drug-likeness (QED) is 0.0333. The zero-order valence-corrected chi connectivity index (χ0v) is 45.7. The standard InChI is InChI=1S/C56H63F8N9O10/c1-53(2,55(59,60)61)47(69-52(79)80-5)49(75)67-44(18-32-9-6-31(7-10-32)8-11-33-12-15-46(66-22-33)71-23-35-13-14-36(24-71)73(35)37-27-81-28-37)45(74)26-72(70-50(76)48(68-51(77)78)54(3,4)56(62,63)64)25-40-41(57)19-34(20-42(40)58)43-21-38(16-17-65-43)83-39-29-82-30-39/h6-7,9-10,12,15-17,19-22,35-37,39,44-45,47-48,68,74H,13-14,18,23-30H2,1-5H3,(H,67,75)(H,69,79)(H,70,76)(H,77,78)/t35?,36?,44-,45-,47+,48+/m0/s1. The molecule has 27 heteroatoms. The van der Waals surface area contributed by atoms with Crippen LogP contribution in [0.1, 0.15) is 62.8 Å². The first kappa shape index (κ1) is 61.7. The second-order valence-electron chi connectivity index (χ2n) is 22.0. The predicted octanol–water partition coefficient (Wildman–Crippen LogP) is 6.11. The molecule has 0 aliphatic carbocycles. The number of aromatic nitrogens is 2. The summed E-state index contributed by atoms with van der Waals surface area (Å²) in [5.74, 6) is 1.36. The normalized spacial score (nSPS) is 19.2. The summed E-state index contributed by atoms with van der Waals surface area (Å²) < 4.78 is 141. The van der Waals surface area contributed by atoms with E-state index >= 15 is 8.78 Å². The van der Waals surface area contributed by atoms with E-state index in [0.29, 0.717) is 86.5 Å². The molecule has 6 atom stereocenters. The first-order valence-corrected chi connectivity index (χ1v) is 26.5. The van der Waals surface area contributed by atoms with Crippen LogP contribution >= 0.6 is 0 Å². The van der Waals surface area contributed by atoms with E-state index in [2.05, 4.69) is 41.7 Å². The van der Waals surface area contributed by atoms with Gasteiger partial charge in [-0.25, -0.2) is 28.4 Å². The average molecular weight is 1170 g/mol. The molecule has 2 bridgehead atoms. The number of ether oxygens (including phenoxy) is 4. The van der Waals surface area contributed by atoms with Crippen LogP contribution in [-0.4, -0.2) is 168 Å². The summed E-state index contributed by atoms with van der Waals surface area (Å²) in [6, 6.07) is 8.97. The van der Waals surface area contributed by atoms with Gasteiger partial charge in [0, 0.05) is 79.0 Å². The third-order valence-corrected chi connectivity index (χ3v) is 15.5. The maximum Gasteiger partial charge on any atom is 0.407 e. The molecule has 4 aliphatic heterocycles. The highest BCUT2D eigenvalue weighted by Gasteiger charge is 2.57. The number of aliphatic hydroxyl groups excluding tert-OH is 1. The molecule has 0 spiro atoms. The number of nitrogens with zero attached hydrogens (tertiary/aromatic N) is 5. The van der Waals surface area contributed by atoms with Gasteiger partial charge in [0.1, 0.15) is 41.4 Å². The highest BCUT2D eigenvalue weighted by molar-refractivity contribution is 5.87. The molecule has 4 fully saturated rings. The van der Waals surface area contributed by atoms with Crippen LogP contribution in [0.25, 0.3) is 11.3 Å². The van der Waals surface area contributed by atoms with E-state index in [1.807, 2.05) is 22.9 Å². The number of carboxylic acid groups (broad SMARTS) is 1. The molecular formula is C56H63F8N9O10. The fraction of sp³-hybridized carbons (Fsp3) is 0.500. The largest absolute Gasteiger partial charge is 0.485 e. The Morgan fingerprint density at radius 3 is 1.89 bits per heavy atom. The summed E-state index contributed by atoms with van der Waals surface area (Å²) in [5, 5.41) is 27.9. The van der Waals surface area contributed by atoms with Crippen molar-refractivity contribution in [3.8, 4) is 28.8 Å². The van der Waals surface area contributed by atoms with Crippen molar-refractivity contribution in [2.45, 2.75) is 114 Å². The van der Waals surface area contributed by atoms with Crippen LogP contribution < -0.4 is 31.0 Å². The molecule has 6 N–H and O–H groups in total. The van der Waals surface area contributed by atoms with Gasteiger partial charge in [0.2, 0.25) is 5.91 Å². The van der Waals surface area contributed by atoms with Gasteiger partial charge >= 0.3 is 24.5 Å². The lowest BCUT2D eigenvalue weighted by molar-refractivity contribution is -0.221. The second kappa shape index (κ2) is 25.2. The molecule has 8 rings (SSSR count). The molecule has 2 aromatic heterocycles. The number of alkyl halides is 6. The van der Waals surface area contributed by atoms with Crippen molar-refractivity contribution >= 4 is 29.8 Å². The second-order valence-corrected chi connectivity index (χ2v) is 22.0. The molecule has 4 aliphatic rings. The van der Waals surface area contributed by atoms with E-state index in [1.165, 1.54) is 35.8 Å². The Morgan fingerprint density at radius 1 is 0.771 bits per heavy atom. The first-order chi connectivity index (χ1) is 39.1. The number of aliphatic hydroxyl groups is 1. The monoisotopic (exact) mass is 1170 g/mol. The summed E-state index contributed by atoms with van der Waals surface area (Å²) in [4.78, 5) is 66.1. The van der Waals surface area contributed by atoms with Gasteiger partial charge in [0.15, 0.2) is 0 Å². The number of hydrogen-bond donors (Lipinski definition) is 6. The summed E-state index contributed by atoms with van der Waals surface area (Å²) in [6.07, 6.45) is -11.6. The average Bonchev–Trinajstić information content (AvgIpc) is 3.52. The molecule has 448 valence electrons. The lowest BCUT2D eigenvalue weighted by Crippen LogP contribution is -2.63. The molecule has 6 heterocycles. The molecule has 4 amide bonds. The third kappa shape index (κ3) is 14.5. The molecule has 83 heavy (non-hydrogen) atoms. The molecule has 19 nitrogen and oxygen atoms in total. The maximum absolute atomic E-state index is 16.3. The van der Waals surface area contributed by atoms with E-state index in [0.717, 1.165) is 64.2 Å². The Hall–Kier alpha value is -7.38. The number of carbonyl (C=O) groups is 4. The number of amides is 4. The zero-order chi connectivity index (χ0) is 60.2. The molecule has 2 unspecified atom stereocenters. The summed E-state index contributed by atoms with van der Waals surface area (Å²) >= 11 is 0. The molecule has 0 radical (unpaired) electrons. The lowest BCUT2D eigenvalue weighted by Gasteiger charge is -2.47. The number of anilines is 1. The van der Waals surface area contributed by atoms with Crippen molar-refractivity contribution in [3.63, 3.8) is 0 Å². The Labute approximate surface area is 472 Å². The van der Waals surface area contributed by atoms with Crippen molar-refractivity contribution in [1.29, 1.82) is 0 Å². The van der Waals surface area contributed by atoms with Crippen molar-refractivity contribution in [2.24, 2.45) is 10.8 Å². The number of carbonyl (C=O) groups excluding carboxylic acids is 3. The number of piperazine rings is 1. The number of fused-ring (bicyclic) bond motifs is 2. The minimum atomic E-state index is -5.25. The number of benzene rings is 2. The number of hydrogen-bond acceptors (Lipinski definition) is 14. The van der Waals surface area contributed by atoms with E-state index in [1.54, 1.807) is 18.3 Å². The fourth-order valence-corrected chi connectivity index (χ4v) is 10.1. The first-order valence-electron chi connectivity index (χ1n) is 26.5. The van der Waals surface area contributed by atoms with Crippen molar-refractivity contribution < 1.29 is 83.5 Å². The van der Waals surface area contributed by atoms with Crippen LogP contribution in [0, 0.1) is 34.3 Å². The SMILES string of the molecule is COC(=O)N[C@H](C(=O)N[C@@H](Cc1ccc(C#Cc2ccc(N3CC4CCC(C3)N4C3COC3)nc2)cc1)[C@@H](O)CN(Cc1c(F)cc(-c2cc(OC3COC3)ccn2)cc1F)NC(=O)[C@@H](NC(=O)O)C(C)(C)C(F)(F)F)C(C)(C)C(F)(F)F. The van der Waals surface area contributed by atoms with E-state index in [9.17, 15) is 55.7 Å². The van der Waals surface area contributed by atoms with Crippen molar-refractivity contribution in [2.75, 3.05) is 58.1 Å². The van der Waals surface area contributed by atoms with Gasteiger partial charge in [-0.1, -0.05) is 24.0 Å².